The van der Waals surface area contributed by atoms with E-state index in [1.54, 1.807) is 0 Å². The Balaban J connectivity index is 2.49. The van der Waals surface area contributed by atoms with Crippen molar-refractivity contribution in [1.29, 1.82) is 0 Å². The maximum Gasteiger partial charge on any atom is 0.472 e. The second-order valence-corrected chi connectivity index (χ2v) is 17.0. The minimum Gasteiger partial charge on any atom is -0.462 e. The van der Waals surface area contributed by atoms with Crippen molar-refractivity contribution < 1.29 is 63.1 Å². The number of allylic oxidation sites excluding steroid dienone is 12. The fourth-order valence-corrected chi connectivity index (χ4v) is 7.42. The van der Waals surface area contributed by atoms with E-state index in [0.717, 1.165) is 96.3 Å². The van der Waals surface area contributed by atoms with E-state index in [0.29, 0.717) is 12.8 Å². The standard InChI is InChI=1S/C47H79O13P/c1-3-5-7-9-11-13-15-17-19-20-22-23-25-27-29-31-33-35-40(48)57-37-39(38-58-61(55,56)60-47-45(53)43(51)42(50)44(52)46(47)54)59-41(49)36-34-32-30-28-26-24-21-18-16-14-12-10-8-6-4-2/h6,8,10-14,16-19,21,39,42-47,50-54H,3-5,7,9,15,20,22-38H2,1-2H3,(H,55,56)/b8-6+,12-10+,13-11+,16-14+,19-17+,21-18+/t39-,42?,43-,44?,45?,46?,47?/m0/s1. The molecule has 0 radical (unpaired) electrons. The maximum atomic E-state index is 12.8. The summed E-state index contributed by atoms with van der Waals surface area (Å²) in [6.45, 7) is 3.10. The molecule has 0 bridgehead atoms. The van der Waals surface area contributed by atoms with Gasteiger partial charge >= 0.3 is 19.8 Å². The highest BCUT2D eigenvalue weighted by Gasteiger charge is 2.51. The van der Waals surface area contributed by atoms with Crippen molar-refractivity contribution in [2.75, 3.05) is 13.2 Å². The van der Waals surface area contributed by atoms with Crippen LogP contribution in [0.4, 0.5) is 0 Å². The Hall–Kier alpha value is -2.71. The Morgan fingerprint density at radius 2 is 1.00 bits per heavy atom. The van der Waals surface area contributed by atoms with Gasteiger partial charge in [0.05, 0.1) is 6.61 Å². The Kier molecular flexibility index (Phi) is 33.9. The van der Waals surface area contributed by atoms with Crippen LogP contribution in [0.25, 0.3) is 0 Å². The zero-order chi connectivity index (χ0) is 45.0. The van der Waals surface area contributed by atoms with Gasteiger partial charge in [0.1, 0.15) is 43.2 Å². The van der Waals surface area contributed by atoms with Gasteiger partial charge in [0.25, 0.3) is 0 Å². The predicted octanol–water partition coefficient (Wildman–Crippen LogP) is 8.72. The third-order valence-electron chi connectivity index (χ3n) is 10.1. The highest BCUT2D eigenvalue weighted by atomic mass is 31.2. The largest absolute Gasteiger partial charge is 0.472 e. The van der Waals surface area contributed by atoms with Gasteiger partial charge in [0.2, 0.25) is 0 Å². The quantitative estimate of drug-likeness (QED) is 0.0115. The molecule has 0 aromatic rings. The molecular formula is C47H79O13P. The first-order valence-electron chi connectivity index (χ1n) is 22.8. The highest BCUT2D eigenvalue weighted by molar-refractivity contribution is 7.47. The molecule has 1 aliphatic carbocycles. The first-order valence-corrected chi connectivity index (χ1v) is 24.3. The van der Waals surface area contributed by atoms with Crippen molar-refractivity contribution in [1.82, 2.24) is 0 Å². The maximum absolute atomic E-state index is 12.8. The van der Waals surface area contributed by atoms with Crippen LogP contribution in [0.3, 0.4) is 0 Å². The lowest BCUT2D eigenvalue weighted by Gasteiger charge is -2.41. The molecule has 0 aromatic heterocycles. The molecule has 0 amide bonds. The summed E-state index contributed by atoms with van der Waals surface area (Å²) in [6, 6.07) is 0. The van der Waals surface area contributed by atoms with Crippen LogP contribution in [-0.2, 0) is 32.7 Å². The number of rotatable bonds is 36. The van der Waals surface area contributed by atoms with Gasteiger partial charge in [0.15, 0.2) is 6.10 Å². The molecule has 0 saturated heterocycles. The normalized spacial score (nSPS) is 22.7. The van der Waals surface area contributed by atoms with Crippen molar-refractivity contribution in [2.24, 2.45) is 0 Å². The summed E-state index contributed by atoms with van der Waals surface area (Å²) in [6.07, 6.45) is 32.4. The number of phosphoric ester groups is 1. The van der Waals surface area contributed by atoms with Crippen molar-refractivity contribution in [3.05, 3.63) is 72.9 Å². The van der Waals surface area contributed by atoms with E-state index < -0.39 is 75.7 Å². The van der Waals surface area contributed by atoms with Crippen molar-refractivity contribution in [3.8, 4) is 0 Å². The number of hydrogen-bond donors (Lipinski definition) is 6. The second kappa shape index (κ2) is 36.7. The molecule has 14 heteroatoms. The molecule has 13 nitrogen and oxygen atoms in total. The lowest BCUT2D eigenvalue weighted by molar-refractivity contribution is -0.220. The van der Waals surface area contributed by atoms with Gasteiger partial charge in [-0.15, -0.1) is 0 Å². The van der Waals surface area contributed by atoms with E-state index >= 15 is 0 Å². The summed E-state index contributed by atoms with van der Waals surface area (Å²) in [4.78, 5) is 35.7. The van der Waals surface area contributed by atoms with E-state index in [4.69, 9.17) is 18.5 Å². The average molecular weight is 883 g/mol. The number of ether oxygens (including phenoxy) is 2. The van der Waals surface area contributed by atoms with Crippen LogP contribution in [0.5, 0.6) is 0 Å². The minimum atomic E-state index is -5.13. The fourth-order valence-electron chi connectivity index (χ4n) is 6.44. The molecule has 0 aliphatic heterocycles. The SMILES string of the molecule is CC/C=C/C=C/C=C/C=C/CCCCCCCC(=O)O[C@@H](COC(=O)CCCCCCCCC/C=C/C/C=C/CCCCC)COP(=O)(O)OC1C(O)C(O)C(O)[C@H](O)C1O. The van der Waals surface area contributed by atoms with Gasteiger partial charge in [0, 0.05) is 12.8 Å². The molecule has 0 aromatic carbocycles. The Morgan fingerprint density at radius 3 is 1.56 bits per heavy atom. The van der Waals surface area contributed by atoms with Crippen LogP contribution in [0.1, 0.15) is 155 Å². The molecule has 6 N–H and O–H groups in total. The predicted molar refractivity (Wildman–Crippen MR) is 239 cm³/mol. The van der Waals surface area contributed by atoms with Crippen LogP contribution in [0, 0.1) is 0 Å². The molecule has 6 unspecified atom stereocenters. The lowest BCUT2D eigenvalue weighted by atomic mass is 9.85. The van der Waals surface area contributed by atoms with Crippen molar-refractivity contribution >= 4 is 19.8 Å². The monoisotopic (exact) mass is 883 g/mol. The average Bonchev–Trinajstić information content (AvgIpc) is 3.24. The van der Waals surface area contributed by atoms with Gasteiger partial charge in [-0.1, -0.05) is 151 Å². The summed E-state index contributed by atoms with van der Waals surface area (Å²) in [7, 11) is -5.13. The third kappa shape index (κ3) is 29.3. The molecule has 1 rings (SSSR count). The number of aliphatic hydroxyl groups excluding tert-OH is 5. The number of esters is 2. The topological polar surface area (TPSA) is 210 Å². The number of carbonyl (C=O) groups is 2. The van der Waals surface area contributed by atoms with E-state index in [1.165, 1.54) is 19.3 Å². The molecule has 0 spiro atoms. The van der Waals surface area contributed by atoms with Crippen LogP contribution >= 0.6 is 7.82 Å². The number of phosphoric acid groups is 1. The molecular weight excluding hydrogens is 803 g/mol. The molecule has 350 valence electrons. The Bertz CT molecular complexity index is 1340. The van der Waals surface area contributed by atoms with E-state index in [9.17, 15) is 44.6 Å². The minimum absolute atomic E-state index is 0.0650. The highest BCUT2D eigenvalue weighted by Crippen LogP contribution is 2.47. The van der Waals surface area contributed by atoms with Crippen LogP contribution in [0.15, 0.2) is 72.9 Å². The molecule has 0 heterocycles. The van der Waals surface area contributed by atoms with E-state index in [-0.39, 0.29) is 12.8 Å². The van der Waals surface area contributed by atoms with Gasteiger partial charge in [-0.3, -0.25) is 18.6 Å². The van der Waals surface area contributed by atoms with Gasteiger partial charge in [-0.05, 0) is 64.2 Å². The summed E-state index contributed by atoms with van der Waals surface area (Å²) < 4.78 is 33.5. The molecule has 61 heavy (non-hydrogen) atoms. The number of aliphatic hydroxyl groups is 5. The summed E-state index contributed by atoms with van der Waals surface area (Å²) in [5, 5.41) is 50.1. The summed E-state index contributed by atoms with van der Waals surface area (Å²) >= 11 is 0. The van der Waals surface area contributed by atoms with Gasteiger partial charge in [-0.25, -0.2) is 4.57 Å². The third-order valence-corrected chi connectivity index (χ3v) is 11.1. The smallest absolute Gasteiger partial charge is 0.462 e. The number of hydrogen-bond acceptors (Lipinski definition) is 12. The van der Waals surface area contributed by atoms with Crippen LogP contribution in [0.2, 0.25) is 0 Å². The fraction of sp³-hybridized carbons (Fsp3) is 0.702. The summed E-state index contributed by atoms with van der Waals surface area (Å²) in [5.74, 6) is -1.14. The van der Waals surface area contributed by atoms with Crippen LogP contribution < -0.4 is 0 Å². The Morgan fingerprint density at radius 1 is 0.541 bits per heavy atom. The number of unbranched alkanes of at least 4 members (excludes halogenated alkanes) is 15. The first-order chi connectivity index (χ1) is 29.4. The second-order valence-electron chi connectivity index (χ2n) is 15.6. The molecule has 1 saturated carbocycles. The van der Waals surface area contributed by atoms with Gasteiger partial charge < -0.3 is 39.9 Å². The molecule has 8 atom stereocenters. The zero-order valence-corrected chi connectivity index (χ0v) is 37.8. The first kappa shape index (κ1) is 56.3. The van der Waals surface area contributed by atoms with Crippen LogP contribution in [-0.4, -0.2) is 98.3 Å². The number of carbonyl (C=O) groups excluding carboxylic acids is 2. The van der Waals surface area contributed by atoms with Gasteiger partial charge in [-0.2, -0.15) is 0 Å². The zero-order valence-electron chi connectivity index (χ0n) is 36.9. The van der Waals surface area contributed by atoms with Crippen molar-refractivity contribution in [2.45, 2.75) is 198 Å². The van der Waals surface area contributed by atoms with E-state index in [2.05, 4.69) is 50.3 Å². The Labute approximate surface area is 365 Å². The van der Waals surface area contributed by atoms with E-state index in [1.807, 2.05) is 36.5 Å². The lowest BCUT2D eigenvalue weighted by Crippen LogP contribution is -2.64. The molecule has 1 fully saturated rings. The molecule has 1 aliphatic rings. The van der Waals surface area contributed by atoms with Crippen molar-refractivity contribution in [3.63, 3.8) is 0 Å². The summed E-state index contributed by atoms with van der Waals surface area (Å²) in [5.41, 5.74) is 0.